The summed E-state index contributed by atoms with van der Waals surface area (Å²) in [6.07, 6.45) is 7.13. The molecule has 10 nitrogen and oxygen atoms in total. The molecule has 2 aromatic heterocycles. The molecule has 0 spiro atoms. The lowest BCUT2D eigenvalue weighted by molar-refractivity contribution is -0.122. The molecule has 4 rings (SSSR count). The normalized spacial score (nSPS) is 17.6. The van der Waals surface area contributed by atoms with E-state index in [0.717, 1.165) is 18.5 Å². The Morgan fingerprint density at radius 2 is 1.97 bits per heavy atom. The van der Waals surface area contributed by atoms with Crippen LogP contribution in [-0.2, 0) is 24.9 Å². The molecule has 1 aliphatic heterocycles. The minimum atomic E-state index is -0.0882. The molecule has 2 aliphatic rings. The fraction of sp³-hybridized carbons (Fsp3) is 0.611. The third kappa shape index (κ3) is 3.96. The summed E-state index contributed by atoms with van der Waals surface area (Å²) in [7, 11) is 5.40. The van der Waals surface area contributed by atoms with Gasteiger partial charge in [0.1, 0.15) is 12.9 Å². The Labute approximate surface area is 173 Å². The van der Waals surface area contributed by atoms with Crippen molar-refractivity contribution in [2.75, 3.05) is 19.0 Å². The highest BCUT2D eigenvalue weighted by atomic mass is 32.2. The predicted octanol–water partition coefficient (Wildman–Crippen LogP) is 1.61. The van der Waals surface area contributed by atoms with Gasteiger partial charge in [0, 0.05) is 27.2 Å². The molecule has 0 aromatic carbocycles. The molecular weight excluding hydrogens is 392 g/mol. The largest absolute Gasteiger partial charge is 0.352 e. The molecule has 1 fully saturated rings. The fourth-order valence-corrected chi connectivity index (χ4v) is 4.71. The molecule has 29 heavy (non-hydrogen) atoms. The first-order valence-electron chi connectivity index (χ1n) is 9.83. The standard InChI is InChI=1S/C18H26N8O2S/c1-23-9-13-15(25(3)18(23)28)22-17(24(13)2)29-16-19-11-20-26(16)10-14(27)21-12-7-5-4-6-8-12/h11-12H,4-10H2,1-3H3,(H,21,27). The van der Waals surface area contributed by atoms with E-state index in [1.54, 1.807) is 28.6 Å². The van der Waals surface area contributed by atoms with Crippen LogP contribution in [0.5, 0.6) is 0 Å². The van der Waals surface area contributed by atoms with Gasteiger partial charge in [-0.15, -0.1) is 0 Å². The Hall–Kier alpha value is -2.56. The van der Waals surface area contributed by atoms with Crippen LogP contribution < -0.4 is 10.2 Å². The Balaban J connectivity index is 1.47. The van der Waals surface area contributed by atoms with Gasteiger partial charge in [0.15, 0.2) is 16.1 Å². The minimum absolute atomic E-state index is 0.0460. The highest BCUT2D eigenvalue weighted by Crippen LogP contribution is 2.33. The zero-order chi connectivity index (χ0) is 20.5. The van der Waals surface area contributed by atoms with E-state index < -0.39 is 0 Å². The molecule has 3 amide bonds. The Kier molecular flexibility index (Phi) is 5.48. The summed E-state index contributed by atoms with van der Waals surface area (Å²) < 4.78 is 3.55. The zero-order valence-corrected chi connectivity index (χ0v) is 17.8. The second kappa shape index (κ2) is 8.05. The van der Waals surface area contributed by atoms with Crippen molar-refractivity contribution in [3.8, 4) is 0 Å². The van der Waals surface area contributed by atoms with Crippen LogP contribution in [0.1, 0.15) is 37.8 Å². The molecule has 0 unspecified atom stereocenters. The monoisotopic (exact) mass is 418 g/mol. The topological polar surface area (TPSA) is 101 Å². The number of nitrogens with zero attached hydrogens (tertiary/aromatic N) is 7. The Morgan fingerprint density at radius 1 is 1.21 bits per heavy atom. The molecule has 2 aromatic rings. The molecular formula is C18H26N8O2S. The number of imidazole rings is 1. The first-order chi connectivity index (χ1) is 13.9. The number of nitrogens with one attached hydrogen (secondary N) is 1. The maximum Gasteiger partial charge on any atom is 0.325 e. The second-order valence-electron chi connectivity index (χ2n) is 7.63. The molecule has 1 saturated carbocycles. The highest BCUT2D eigenvalue weighted by Gasteiger charge is 2.31. The molecule has 1 aliphatic carbocycles. The third-order valence-corrected chi connectivity index (χ3v) is 6.54. The molecule has 0 saturated heterocycles. The van der Waals surface area contributed by atoms with Crippen LogP contribution >= 0.6 is 11.8 Å². The van der Waals surface area contributed by atoms with Gasteiger partial charge >= 0.3 is 6.03 Å². The lowest BCUT2D eigenvalue weighted by Crippen LogP contribution is -2.43. The zero-order valence-electron chi connectivity index (χ0n) is 17.0. The Morgan fingerprint density at radius 3 is 2.72 bits per heavy atom. The molecule has 0 bridgehead atoms. The van der Waals surface area contributed by atoms with E-state index >= 15 is 0 Å². The van der Waals surface area contributed by atoms with Gasteiger partial charge in [-0.3, -0.25) is 9.69 Å². The SMILES string of the molecule is CN1Cc2c(nc(Sc3ncnn3CC(=O)NC3CCCCC3)n2C)N(C)C1=O. The quantitative estimate of drug-likeness (QED) is 0.792. The summed E-state index contributed by atoms with van der Waals surface area (Å²) in [4.78, 5) is 36.8. The molecule has 3 heterocycles. The number of anilines is 1. The van der Waals surface area contributed by atoms with E-state index in [1.807, 2.05) is 11.6 Å². The molecule has 156 valence electrons. The van der Waals surface area contributed by atoms with Gasteiger partial charge in [-0.2, -0.15) is 5.10 Å². The predicted molar refractivity (Wildman–Crippen MR) is 108 cm³/mol. The van der Waals surface area contributed by atoms with Crippen LogP contribution in [-0.4, -0.2) is 61.3 Å². The first-order valence-corrected chi connectivity index (χ1v) is 10.6. The maximum absolute atomic E-state index is 12.4. The van der Waals surface area contributed by atoms with Gasteiger partial charge in [0.05, 0.1) is 12.2 Å². The first kappa shape index (κ1) is 19.7. The number of rotatable bonds is 5. The van der Waals surface area contributed by atoms with Crippen LogP contribution in [0.3, 0.4) is 0 Å². The van der Waals surface area contributed by atoms with Crippen molar-refractivity contribution >= 4 is 29.5 Å². The lowest BCUT2D eigenvalue weighted by Gasteiger charge is -2.29. The number of urea groups is 1. The fourth-order valence-electron chi connectivity index (χ4n) is 3.85. The van der Waals surface area contributed by atoms with E-state index in [9.17, 15) is 9.59 Å². The summed E-state index contributed by atoms with van der Waals surface area (Å²) in [6.45, 7) is 0.628. The average Bonchev–Trinajstić information content (AvgIpc) is 3.26. The number of fused-ring (bicyclic) bond motifs is 1. The van der Waals surface area contributed by atoms with Crippen LogP contribution in [0.2, 0.25) is 0 Å². The molecule has 11 heteroatoms. The molecule has 0 radical (unpaired) electrons. The number of carbonyl (C=O) groups excluding carboxylic acids is 2. The van der Waals surface area contributed by atoms with E-state index in [1.165, 1.54) is 37.4 Å². The number of carbonyl (C=O) groups is 2. The Bertz CT molecular complexity index is 917. The van der Waals surface area contributed by atoms with Crippen molar-refractivity contribution in [1.29, 1.82) is 0 Å². The van der Waals surface area contributed by atoms with E-state index in [2.05, 4.69) is 20.4 Å². The van der Waals surface area contributed by atoms with Crippen molar-refractivity contribution < 1.29 is 9.59 Å². The van der Waals surface area contributed by atoms with Crippen LogP contribution in [0, 0.1) is 0 Å². The van der Waals surface area contributed by atoms with Crippen molar-refractivity contribution in [3.63, 3.8) is 0 Å². The van der Waals surface area contributed by atoms with Crippen LogP contribution in [0.25, 0.3) is 0 Å². The van der Waals surface area contributed by atoms with Crippen LogP contribution in [0.15, 0.2) is 16.6 Å². The van der Waals surface area contributed by atoms with Crippen molar-refractivity contribution in [2.24, 2.45) is 7.05 Å². The van der Waals surface area contributed by atoms with Gasteiger partial charge in [0.2, 0.25) is 5.91 Å². The highest BCUT2D eigenvalue weighted by molar-refractivity contribution is 7.99. The second-order valence-corrected chi connectivity index (χ2v) is 8.56. The minimum Gasteiger partial charge on any atom is -0.352 e. The van der Waals surface area contributed by atoms with E-state index in [-0.39, 0.29) is 24.5 Å². The van der Waals surface area contributed by atoms with Crippen molar-refractivity contribution in [3.05, 3.63) is 12.0 Å². The summed E-state index contributed by atoms with van der Waals surface area (Å²) >= 11 is 1.34. The summed E-state index contributed by atoms with van der Waals surface area (Å²) in [6, 6.07) is 0.178. The summed E-state index contributed by atoms with van der Waals surface area (Å²) in [5.41, 5.74) is 0.957. The van der Waals surface area contributed by atoms with Gasteiger partial charge in [-0.05, 0) is 24.6 Å². The number of hydrogen-bond acceptors (Lipinski definition) is 6. The smallest absolute Gasteiger partial charge is 0.325 e. The third-order valence-electron chi connectivity index (χ3n) is 5.50. The van der Waals surface area contributed by atoms with Gasteiger partial charge in [-0.25, -0.2) is 19.4 Å². The van der Waals surface area contributed by atoms with Crippen molar-refractivity contribution in [2.45, 2.75) is 61.5 Å². The lowest BCUT2D eigenvalue weighted by atomic mass is 9.95. The summed E-state index contributed by atoms with van der Waals surface area (Å²) in [5.74, 6) is 0.606. The van der Waals surface area contributed by atoms with Crippen LogP contribution in [0.4, 0.5) is 10.6 Å². The number of amides is 3. The van der Waals surface area contributed by atoms with Gasteiger partial charge < -0.3 is 14.8 Å². The maximum atomic E-state index is 12.4. The molecule has 0 atom stereocenters. The molecule has 1 N–H and O–H groups in total. The number of hydrogen-bond donors (Lipinski definition) is 1. The summed E-state index contributed by atoms with van der Waals surface area (Å²) in [5, 5.41) is 8.61. The van der Waals surface area contributed by atoms with E-state index in [0.29, 0.717) is 22.7 Å². The average molecular weight is 419 g/mol. The van der Waals surface area contributed by atoms with Gasteiger partial charge in [-0.1, -0.05) is 19.3 Å². The van der Waals surface area contributed by atoms with Crippen molar-refractivity contribution in [1.82, 2.24) is 34.5 Å². The van der Waals surface area contributed by atoms with Gasteiger partial charge in [0.25, 0.3) is 0 Å². The van der Waals surface area contributed by atoms with E-state index in [4.69, 9.17) is 0 Å². The number of aromatic nitrogens is 5.